The van der Waals surface area contributed by atoms with Crippen LogP contribution >= 0.6 is 27.5 Å². The van der Waals surface area contributed by atoms with Crippen LogP contribution in [0.5, 0.6) is 0 Å². The van der Waals surface area contributed by atoms with Crippen molar-refractivity contribution in [3.63, 3.8) is 0 Å². The van der Waals surface area contributed by atoms with Crippen molar-refractivity contribution in [1.82, 2.24) is 25.2 Å². The van der Waals surface area contributed by atoms with Gasteiger partial charge < -0.3 is 4.90 Å². The molecule has 0 atom stereocenters. The molecule has 0 N–H and O–H groups in total. The third-order valence-corrected chi connectivity index (χ3v) is 4.96. The Morgan fingerprint density at radius 1 is 1.00 bits per heavy atom. The van der Waals surface area contributed by atoms with Crippen LogP contribution in [-0.4, -0.2) is 25.2 Å². The number of aryl methyl sites for hydroxylation is 1. The minimum atomic E-state index is -4.96. The number of anilines is 1. The van der Waals surface area contributed by atoms with Crippen LogP contribution in [0.2, 0.25) is 5.15 Å². The van der Waals surface area contributed by atoms with Crippen molar-refractivity contribution in [3.8, 4) is 0 Å². The van der Waals surface area contributed by atoms with Crippen molar-refractivity contribution in [1.29, 1.82) is 0 Å². The summed E-state index contributed by atoms with van der Waals surface area (Å²) in [4.78, 5) is 6.58. The first-order valence-electron chi connectivity index (χ1n) is 8.41. The maximum absolute atomic E-state index is 13.2. The molecule has 0 saturated heterocycles. The number of tetrazole rings is 1. The lowest BCUT2D eigenvalue weighted by Crippen LogP contribution is -2.25. The van der Waals surface area contributed by atoms with E-state index >= 15 is 0 Å². The molecule has 31 heavy (non-hydrogen) atoms. The van der Waals surface area contributed by atoms with E-state index in [9.17, 15) is 26.3 Å². The maximum atomic E-state index is 13.2. The lowest BCUT2D eigenvalue weighted by molar-refractivity contribution is -0.143. The Hall–Kier alpha value is -2.41. The molecule has 2 heterocycles. The monoisotopic (exact) mass is 528 g/mol. The van der Waals surface area contributed by atoms with Crippen LogP contribution in [0.15, 0.2) is 34.8 Å². The molecular formula is C17H12BrClF6N6. The van der Waals surface area contributed by atoms with Crippen LogP contribution in [0, 0.1) is 0 Å². The second-order valence-electron chi connectivity index (χ2n) is 6.41. The summed E-state index contributed by atoms with van der Waals surface area (Å²) in [5, 5.41) is 11.6. The summed E-state index contributed by atoms with van der Waals surface area (Å²) in [7, 11) is 1.47. The number of aromatic nitrogens is 5. The molecule has 0 fully saturated rings. The Morgan fingerprint density at radius 3 is 2.13 bits per heavy atom. The Labute approximate surface area is 184 Å². The number of hydrogen-bond acceptors (Lipinski definition) is 5. The Kier molecular flexibility index (Phi) is 6.46. The molecule has 3 rings (SSSR count). The lowest BCUT2D eigenvalue weighted by atomic mass is 10.0. The number of pyridine rings is 1. The number of hydrogen-bond donors (Lipinski definition) is 0. The summed E-state index contributed by atoms with van der Waals surface area (Å²) >= 11 is 9.19. The smallest absolute Gasteiger partial charge is 0.328 e. The Balaban J connectivity index is 2.04. The summed E-state index contributed by atoms with van der Waals surface area (Å²) < 4.78 is 79.7. The van der Waals surface area contributed by atoms with E-state index in [0.29, 0.717) is 22.3 Å². The predicted octanol–water partition coefficient (Wildman–Crippen LogP) is 5.27. The van der Waals surface area contributed by atoms with Gasteiger partial charge in [-0.05, 0) is 57.0 Å². The molecule has 6 nitrogen and oxygen atoms in total. The van der Waals surface area contributed by atoms with E-state index in [-0.39, 0.29) is 35.8 Å². The van der Waals surface area contributed by atoms with Gasteiger partial charge in [0, 0.05) is 11.0 Å². The molecule has 0 radical (unpaired) electrons. The summed E-state index contributed by atoms with van der Waals surface area (Å²) in [6, 6.07) is 4.50. The highest BCUT2D eigenvalue weighted by molar-refractivity contribution is 9.10. The fraction of sp³-hybridized carbons (Fsp3) is 0.294. The quantitative estimate of drug-likeness (QED) is 0.333. The number of rotatable bonds is 5. The van der Waals surface area contributed by atoms with E-state index in [1.54, 1.807) is 6.07 Å². The fourth-order valence-electron chi connectivity index (χ4n) is 2.68. The van der Waals surface area contributed by atoms with E-state index in [0.717, 1.165) is 4.80 Å². The molecule has 0 bridgehead atoms. The van der Waals surface area contributed by atoms with Crippen molar-refractivity contribution in [2.24, 2.45) is 7.05 Å². The van der Waals surface area contributed by atoms with Crippen LogP contribution < -0.4 is 4.90 Å². The third kappa shape index (κ3) is 5.85. The molecule has 14 heteroatoms. The summed E-state index contributed by atoms with van der Waals surface area (Å²) in [6.45, 7) is -0.441. The van der Waals surface area contributed by atoms with E-state index in [1.165, 1.54) is 18.0 Å². The topological polar surface area (TPSA) is 59.7 Å². The van der Waals surface area contributed by atoms with Gasteiger partial charge in [-0.1, -0.05) is 16.7 Å². The first kappa shape index (κ1) is 23.3. The third-order valence-electron chi connectivity index (χ3n) is 4.03. The molecule has 166 valence electrons. The molecule has 0 amide bonds. The number of benzene rings is 1. The first-order valence-corrected chi connectivity index (χ1v) is 9.58. The van der Waals surface area contributed by atoms with Crippen LogP contribution in [0.4, 0.5) is 32.3 Å². The van der Waals surface area contributed by atoms with Gasteiger partial charge in [-0.2, -0.15) is 31.1 Å². The average molecular weight is 530 g/mol. The first-order chi connectivity index (χ1) is 14.3. The van der Waals surface area contributed by atoms with Crippen molar-refractivity contribution >= 4 is 33.5 Å². The van der Waals surface area contributed by atoms with Gasteiger partial charge in [0.1, 0.15) is 5.15 Å². The zero-order valence-corrected chi connectivity index (χ0v) is 17.8. The predicted molar refractivity (Wildman–Crippen MR) is 102 cm³/mol. The normalized spacial score (nSPS) is 12.3. The Morgan fingerprint density at radius 2 is 1.61 bits per heavy atom. The zero-order chi connectivity index (χ0) is 23.0. The van der Waals surface area contributed by atoms with Gasteiger partial charge in [-0.3, -0.25) is 0 Å². The van der Waals surface area contributed by atoms with Crippen LogP contribution in [0.1, 0.15) is 22.4 Å². The minimum absolute atomic E-state index is 0.0119. The van der Waals surface area contributed by atoms with Crippen LogP contribution in [0.3, 0.4) is 0 Å². The molecule has 0 aliphatic carbocycles. The van der Waals surface area contributed by atoms with Gasteiger partial charge in [-0.15, -0.1) is 5.10 Å². The molecule has 0 aliphatic heterocycles. The molecule has 0 saturated carbocycles. The molecule has 3 aromatic rings. The highest BCUT2D eigenvalue weighted by Gasteiger charge is 2.37. The molecule has 0 spiro atoms. The van der Waals surface area contributed by atoms with Crippen molar-refractivity contribution in [2.75, 3.05) is 4.90 Å². The van der Waals surface area contributed by atoms with Gasteiger partial charge in [-0.25, -0.2) is 4.98 Å². The highest BCUT2D eigenvalue weighted by atomic mass is 79.9. The van der Waals surface area contributed by atoms with Gasteiger partial charge >= 0.3 is 12.4 Å². The van der Waals surface area contributed by atoms with Gasteiger partial charge in [0.15, 0.2) is 0 Å². The van der Waals surface area contributed by atoms with E-state index in [1.807, 2.05) is 0 Å². The molecule has 0 aliphatic rings. The largest absolute Gasteiger partial charge is 0.416 e. The second kappa shape index (κ2) is 8.61. The SMILES string of the molecule is Cn1nnc(N(Cc2cc(C(F)(F)F)cc(C(F)(F)F)c2)Cc2nc(Cl)ccc2Br)n1. The number of nitrogens with zero attached hydrogens (tertiary/aromatic N) is 6. The van der Waals surface area contributed by atoms with Crippen molar-refractivity contribution in [3.05, 3.63) is 62.3 Å². The van der Waals surface area contributed by atoms with E-state index in [4.69, 9.17) is 11.6 Å². The lowest BCUT2D eigenvalue weighted by Gasteiger charge is -2.22. The average Bonchev–Trinajstić information content (AvgIpc) is 3.09. The second-order valence-corrected chi connectivity index (χ2v) is 7.65. The van der Waals surface area contributed by atoms with E-state index < -0.39 is 23.5 Å². The molecule has 2 aromatic heterocycles. The van der Waals surface area contributed by atoms with Crippen molar-refractivity contribution < 1.29 is 26.3 Å². The number of alkyl halides is 6. The standard InChI is InChI=1S/C17H12BrClF6N6/c1-30-28-15(27-29-30)31(8-13-12(18)2-3-14(19)26-13)7-9-4-10(16(20,21)22)6-11(5-9)17(23,24)25/h2-6H,7-8H2,1H3. The molecule has 0 unspecified atom stereocenters. The zero-order valence-electron chi connectivity index (χ0n) is 15.5. The molecular weight excluding hydrogens is 518 g/mol. The summed E-state index contributed by atoms with van der Waals surface area (Å²) in [5.41, 5.74) is -2.69. The van der Waals surface area contributed by atoms with Gasteiger partial charge in [0.25, 0.3) is 5.95 Å². The van der Waals surface area contributed by atoms with Crippen molar-refractivity contribution in [2.45, 2.75) is 25.4 Å². The fourth-order valence-corrected chi connectivity index (χ4v) is 3.19. The van der Waals surface area contributed by atoms with Gasteiger partial charge in [0.2, 0.25) is 0 Å². The number of halogens is 8. The van der Waals surface area contributed by atoms with Crippen LogP contribution in [0.25, 0.3) is 0 Å². The van der Waals surface area contributed by atoms with Crippen LogP contribution in [-0.2, 0) is 32.5 Å². The summed E-state index contributed by atoms with van der Waals surface area (Å²) in [5.74, 6) is -0.0119. The van der Waals surface area contributed by atoms with Gasteiger partial charge in [0.05, 0.1) is 30.4 Å². The summed E-state index contributed by atoms with van der Waals surface area (Å²) in [6.07, 6.45) is -9.91. The Bertz CT molecular complexity index is 1050. The molecule has 1 aromatic carbocycles. The maximum Gasteiger partial charge on any atom is 0.416 e. The highest BCUT2D eigenvalue weighted by Crippen LogP contribution is 2.37. The minimum Gasteiger partial charge on any atom is -0.328 e. The van der Waals surface area contributed by atoms with E-state index in [2.05, 4.69) is 36.3 Å².